The van der Waals surface area contributed by atoms with E-state index in [1.165, 1.54) is 19.2 Å². The van der Waals surface area contributed by atoms with Gasteiger partial charge in [0.05, 0.1) is 22.8 Å². The van der Waals surface area contributed by atoms with Crippen molar-refractivity contribution in [3.8, 4) is 17.1 Å². The minimum atomic E-state index is -3.67. The number of H-pyrrole nitrogens is 1. The number of aromatic amines is 1. The molecule has 0 atom stereocenters. The van der Waals surface area contributed by atoms with Gasteiger partial charge in [-0.2, -0.15) is 0 Å². The molecule has 1 aromatic carbocycles. The summed E-state index contributed by atoms with van der Waals surface area (Å²) in [5.74, 6) is 1.72. The normalized spacial score (nSPS) is 15.2. The number of hydrogen-bond acceptors (Lipinski definition) is 6. The van der Waals surface area contributed by atoms with Crippen LogP contribution in [-0.4, -0.2) is 41.7 Å². The molecule has 1 aliphatic carbocycles. The zero-order chi connectivity index (χ0) is 21.5. The fraction of sp³-hybridized carbons (Fsp3) is 0.450. The molecule has 0 unspecified atom stereocenters. The predicted molar refractivity (Wildman–Crippen MR) is 112 cm³/mol. The number of fused-ring (bicyclic) bond motifs is 1. The summed E-state index contributed by atoms with van der Waals surface area (Å²) in [6.07, 6.45) is 4.30. The highest BCUT2D eigenvalue weighted by Crippen LogP contribution is 2.34. The first kappa shape index (κ1) is 20.5. The molecule has 0 amide bonds. The van der Waals surface area contributed by atoms with E-state index >= 15 is 0 Å². The van der Waals surface area contributed by atoms with Crippen LogP contribution < -0.4 is 15.0 Å². The van der Waals surface area contributed by atoms with E-state index in [-0.39, 0.29) is 22.2 Å². The van der Waals surface area contributed by atoms with Crippen LogP contribution >= 0.6 is 0 Å². The lowest BCUT2D eigenvalue weighted by Crippen LogP contribution is -2.19. The second-order valence-corrected chi connectivity index (χ2v) is 9.28. The first-order valence-electron chi connectivity index (χ1n) is 10.1. The van der Waals surface area contributed by atoms with Gasteiger partial charge in [-0.05, 0) is 51.9 Å². The van der Waals surface area contributed by atoms with E-state index in [1.807, 2.05) is 6.92 Å². The summed E-state index contributed by atoms with van der Waals surface area (Å²) in [7, 11) is -2.33. The molecule has 1 fully saturated rings. The number of imidazole rings is 1. The van der Waals surface area contributed by atoms with E-state index in [0.717, 1.165) is 31.5 Å². The average molecular weight is 432 g/mol. The van der Waals surface area contributed by atoms with E-state index in [0.29, 0.717) is 29.1 Å². The first-order valence-corrected chi connectivity index (χ1v) is 11.5. The van der Waals surface area contributed by atoms with Gasteiger partial charge in [0.2, 0.25) is 10.0 Å². The maximum absolute atomic E-state index is 12.9. The third-order valence-electron chi connectivity index (χ3n) is 5.51. The van der Waals surface area contributed by atoms with Gasteiger partial charge in [0, 0.05) is 5.92 Å². The Morgan fingerprint density at radius 3 is 2.70 bits per heavy atom. The number of nitrogens with one attached hydrogen (secondary N) is 2. The highest BCUT2D eigenvalue weighted by Gasteiger charge is 2.25. The van der Waals surface area contributed by atoms with Crippen molar-refractivity contribution in [1.29, 1.82) is 0 Å². The molecule has 2 aromatic heterocycles. The lowest BCUT2D eigenvalue weighted by Gasteiger charge is -2.13. The SMILES string of the molecule is CCOc1ccc(S(=O)(=O)NC)cc1-c1nn2c(C3CCCC3)nc(C)c2c(=O)[nH]1. The van der Waals surface area contributed by atoms with Crippen molar-refractivity contribution in [2.75, 3.05) is 13.7 Å². The molecule has 2 heterocycles. The van der Waals surface area contributed by atoms with Gasteiger partial charge in [-0.15, -0.1) is 5.10 Å². The van der Waals surface area contributed by atoms with Crippen molar-refractivity contribution in [3.05, 3.63) is 40.1 Å². The van der Waals surface area contributed by atoms with Gasteiger partial charge in [-0.25, -0.2) is 22.6 Å². The van der Waals surface area contributed by atoms with Gasteiger partial charge in [0.1, 0.15) is 11.6 Å². The van der Waals surface area contributed by atoms with E-state index in [9.17, 15) is 13.2 Å². The minimum absolute atomic E-state index is 0.0593. The van der Waals surface area contributed by atoms with Crippen molar-refractivity contribution < 1.29 is 13.2 Å². The van der Waals surface area contributed by atoms with Crippen LogP contribution in [0.3, 0.4) is 0 Å². The number of hydrogen-bond donors (Lipinski definition) is 2. The summed E-state index contributed by atoms with van der Waals surface area (Å²) in [4.78, 5) is 20.4. The minimum Gasteiger partial charge on any atom is -0.493 e. The second-order valence-electron chi connectivity index (χ2n) is 7.40. The molecule has 0 radical (unpaired) electrons. The Bertz CT molecular complexity index is 1260. The van der Waals surface area contributed by atoms with E-state index < -0.39 is 10.0 Å². The molecular formula is C20H25N5O4S. The third-order valence-corrected chi connectivity index (χ3v) is 6.92. The molecular weight excluding hydrogens is 406 g/mol. The largest absolute Gasteiger partial charge is 0.493 e. The number of sulfonamides is 1. The first-order chi connectivity index (χ1) is 14.4. The summed E-state index contributed by atoms with van der Waals surface area (Å²) in [6, 6.07) is 4.49. The standard InChI is InChI=1S/C20H25N5O4S/c1-4-29-16-10-9-14(30(27,28)21-3)11-15(16)18-23-20(26)17-12(2)22-19(25(17)24-18)13-7-5-6-8-13/h9-11,13,21H,4-8H2,1-3H3,(H,23,24,26). The van der Waals surface area contributed by atoms with Gasteiger partial charge in [0.15, 0.2) is 11.3 Å². The fourth-order valence-corrected chi connectivity index (χ4v) is 4.78. The highest BCUT2D eigenvalue weighted by atomic mass is 32.2. The van der Waals surface area contributed by atoms with Gasteiger partial charge >= 0.3 is 0 Å². The van der Waals surface area contributed by atoms with Crippen LogP contribution in [0.15, 0.2) is 27.9 Å². The Hall–Kier alpha value is -2.72. The van der Waals surface area contributed by atoms with Crippen LogP contribution in [0.1, 0.15) is 50.0 Å². The molecule has 0 spiro atoms. The molecule has 1 aliphatic rings. The number of aryl methyl sites for hydroxylation is 1. The van der Waals surface area contributed by atoms with Crippen molar-refractivity contribution in [2.24, 2.45) is 0 Å². The molecule has 0 bridgehead atoms. The Morgan fingerprint density at radius 1 is 1.30 bits per heavy atom. The van der Waals surface area contributed by atoms with Crippen LogP contribution in [0.5, 0.6) is 5.75 Å². The van der Waals surface area contributed by atoms with E-state index in [4.69, 9.17) is 4.74 Å². The summed E-state index contributed by atoms with van der Waals surface area (Å²) in [5, 5.41) is 4.67. The average Bonchev–Trinajstić information content (AvgIpc) is 3.36. The zero-order valence-electron chi connectivity index (χ0n) is 17.2. The van der Waals surface area contributed by atoms with E-state index in [2.05, 4.69) is 19.8 Å². The quantitative estimate of drug-likeness (QED) is 0.618. The smallest absolute Gasteiger partial charge is 0.277 e. The van der Waals surface area contributed by atoms with Crippen molar-refractivity contribution >= 4 is 15.5 Å². The number of benzene rings is 1. The number of aromatic nitrogens is 4. The fourth-order valence-electron chi connectivity index (χ4n) is 4.02. The van der Waals surface area contributed by atoms with Crippen molar-refractivity contribution in [2.45, 2.75) is 50.3 Å². The third kappa shape index (κ3) is 3.50. The second kappa shape index (κ2) is 7.84. The molecule has 30 heavy (non-hydrogen) atoms. The zero-order valence-corrected chi connectivity index (χ0v) is 18.0. The van der Waals surface area contributed by atoms with Crippen LogP contribution in [-0.2, 0) is 10.0 Å². The van der Waals surface area contributed by atoms with Crippen LogP contribution in [0, 0.1) is 6.92 Å². The molecule has 0 saturated heterocycles. The molecule has 9 nitrogen and oxygen atoms in total. The lowest BCUT2D eigenvalue weighted by molar-refractivity contribution is 0.341. The van der Waals surface area contributed by atoms with Crippen LogP contribution in [0.4, 0.5) is 0 Å². The van der Waals surface area contributed by atoms with Gasteiger partial charge in [-0.3, -0.25) is 4.79 Å². The molecule has 4 rings (SSSR count). The van der Waals surface area contributed by atoms with Crippen LogP contribution in [0.25, 0.3) is 16.9 Å². The summed E-state index contributed by atoms with van der Waals surface area (Å²) in [5.41, 5.74) is 1.13. The number of ether oxygens (including phenoxy) is 1. The molecule has 10 heteroatoms. The van der Waals surface area contributed by atoms with Gasteiger partial charge < -0.3 is 9.72 Å². The Morgan fingerprint density at radius 2 is 2.03 bits per heavy atom. The van der Waals surface area contributed by atoms with E-state index in [1.54, 1.807) is 17.5 Å². The number of nitrogens with zero attached hydrogens (tertiary/aromatic N) is 3. The Balaban J connectivity index is 1.95. The van der Waals surface area contributed by atoms with Gasteiger partial charge in [0.25, 0.3) is 5.56 Å². The summed E-state index contributed by atoms with van der Waals surface area (Å²) in [6.45, 7) is 4.02. The highest BCUT2D eigenvalue weighted by molar-refractivity contribution is 7.89. The molecule has 160 valence electrons. The molecule has 1 saturated carbocycles. The van der Waals surface area contributed by atoms with Crippen LogP contribution in [0.2, 0.25) is 0 Å². The van der Waals surface area contributed by atoms with Gasteiger partial charge in [-0.1, -0.05) is 12.8 Å². The maximum Gasteiger partial charge on any atom is 0.277 e. The summed E-state index contributed by atoms with van der Waals surface area (Å²) >= 11 is 0. The van der Waals surface area contributed by atoms with Crippen molar-refractivity contribution in [1.82, 2.24) is 24.3 Å². The molecule has 3 aromatic rings. The maximum atomic E-state index is 12.9. The number of rotatable bonds is 6. The Labute approximate surface area is 174 Å². The monoisotopic (exact) mass is 431 g/mol. The summed E-state index contributed by atoms with van der Waals surface area (Å²) < 4.78 is 34.2. The topological polar surface area (TPSA) is 118 Å². The molecule has 2 N–H and O–H groups in total. The lowest BCUT2D eigenvalue weighted by atomic mass is 10.1. The predicted octanol–water partition coefficient (Wildman–Crippen LogP) is 2.36. The molecule has 0 aliphatic heterocycles. The van der Waals surface area contributed by atoms with Crippen molar-refractivity contribution in [3.63, 3.8) is 0 Å². The Kier molecular flexibility index (Phi) is 5.37.